The number of thiophene rings is 1. The van der Waals surface area contributed by atoms with Crippen molar-refractivity contribution in [2.45, 2.75) is 19.0 Å². The Morgan fingerprint density at radius 3 is 2.96 bits per heavy atom. The van der Waals surface area contributed by atoms with E-state index < -0.39 is 0 Å². The highest BCUT2D eigenvalue weighted by Crippen LogP contribution is 2.25. The average molecular weight is 335 g/mol. The molecule has 3 rings (SSSR count). The molecule has 1 aliphatic rings. The predicted molar refractivity (Wildman–Crippen MR) is 87.2 cm³/mol. The molecule has 0 spiro atoms. The molecule has 124 valence electrons. The molecule has 0 aromatic carbocycles. The summed E-state index contributed by atoms with van der Waals surface area (Å²) in [5.74, 6) is -0.0506. The van der Waals surface area contributed by atoms with Gasteiger partial charge in [0.1, 0.15) is 18.7 Å². The summed E-state index contributed by atoms with van der Waals surface area (Å²) in [5.41, 5.74) is 0. The molecular weight excluding hydrogens is 314 g/mol. The van der Waals surface area contributed by atoms with Crippen molar-refractivity contribution in [3.8, 4) is 0 Å². The number of morpholine rings is 1. The van der Waals surface area contributed by atoms with Crippen LogP contribution >= 0.6 is 11.3 Å². The van der Waals surface area contributed by atoms with E-state index in [4.69, 9.17) is 4.74 Å². The molecule has 0 unspecified atom stereocenters. The van der Waals surface area contributed by atoms with Gasteiger partial charge in [0, 0.05) is 24.5 Å². The number of rotatable bonds is 6. The fourth-order valence-electron chi connectivity index (χ4n) is 2.66. The van der Waals surface area contributed by atoms with Crippen LogP contribution in [0.3, 0.4) is 0 Å². The van der Waals surface area contributed by atoms with E-state index in [0.717, 1.165) is 26.3 Å². The maximum absolute atomic E-state index is 12.4. The maximum Gasteiger partial charge on any atom is 0.244 e. The highest BCUT2D eigenvalue weighted by molar-refractivity contribution is 7.10. The second kappa shape index (κ2) is 7.67. The van der Waals surface area contributed by atoms with Crippen LogP contribution < -0.4 is 5.32 Å². The van der Waals surface area contributed by atoms with Gasteiger partial charge in [0.15, 0.2) is 0 Å². The maximum atomic E-state index is 12.4. The van der Waals surface area contributed by atoms with Gasteiger partial charge in [-0.05, 0) is 18.4 Å². The Bertz CT molecular complexity index is 595. The fraction of sp³-hybridized carbons (Fsp3) is 0.533. The third kappa shape index (κ3) is 3.95. The van der Waals surface area contributed by atoms with Crippen LogP contribution in [-0.2, 0) is 9.53 Å². The van der Waals surface area contributed by atoms with E-state index in [0.29, 0.717) is 6.54 Å². The van der Waals surface area contributed by atoms with Crippen LogP contribution in [-0.4, -0.2) is 58.4 Å². The van der Waals surface area contributed by atoms with Crippen LogP contribution in [0.1, 0.15) is 23.9 Å². The molecule has 0 radical (unpaired) electrons. The fourth-order valence-corrected chi connectivity index (χ4v) is 3.52. The molecule has 1 aliphatic heterocycles. The number of ether oxygens (including phenoxy) is 1. The van der Waals surface area contributed by atoms with Crippen LogP contribution in [0, 0.1) is 0 Å². The van der Waals surface area contributed by atoms with E-state index in [-0.39, 0.29) is 18.0 Å². The van der Waals surface area contributed by atoms with Crippen molar-refractivity contribution in [3.05, 3.63) is 35.0 Å². The van der Waals surface area contributed by atoms with Crippen molar-refractivity contribution in [3.63, 3.8) is 0 Å². The lowest BCUT2D eigenvalue weighted by atomic mass is 10.2. The second-order valence-electron chi connectivity index (χ2n) is 5.48. The number of hydrogen-bond donors (Lipinski definition) is 1. The van der Waals surface area contributed by atoms with Crippen LogP contribution in [0.25, 0.3) is 0 Å². The largest absolute Gasteiger partial charge is 0.379 e. The molecule has 0 bridgehead atoms. The van der Waals surface area contributed by atoms with Gasteiger partial charge in [-0.2, -0.15) is 5.10 Å². The molecule has 1 fully saturated rings. The molecule has 1 amide bonds. The summed E-state index contributed by atoms with van der Waals surface area (Å²) in [6, 6.07) is 3.99. The van der Waals surface area contributed by atoms with Crippen molar-refractivity contribution < 1.29 is 9.53 Å². The topological polar surface area (TPSA) is 72.3 Å². The summed E-state index contributed by atoms with van der Waals surface area (Å²) < 4.78 is 7.00. The summed E-state index contributed by atoms with van der Waals surface area (Å²) in [6.45, 7) is 5.65. The number of nitrogens with zero attached hydrogens (tertiary/aromatic N) is 4. The number of aromatic nitrogens is 3. The van der Waals surface area contributed by atoms with E-state index in [1.165, 1.54) is 11.2 Å². The molecule has 1 saturated heterocycles. The average Bonchev–Trinajstić information content (AvgIpc) is 3.29. The van der Waals surface area contributed by atoms with E-state index in [9.17, 15) is 4.79 Å². The van der Waals surface area contributed by atoms with Crippen molar-refractivity contribution >= 4 is 17.2 Å². The van der Waals surface area contributed by atoms with Crippen LogP contribution in [0.15, 0.2) is 30.2 Å². The molecule has 8 heteroatoms. The molecule has 3 heterocycles. The Labute approximate surface area is 139 Å². The number of carbonyl (C=O) groups excluding carboxylic acids is 1. The van der Waals surface area contributed by atoms with Crippen molar-refractivity contribution in [1.82, 2.24) is 25.0 Å². The van der Waals surface area contributed by atoms with Crippen LogP contribution in [0.5, 0.6) is 0 Å². The molecule has 0 aliphatic carbocycles. The summed E-state index contributed by atoms with van der Waals surface area (Å²) in [6.07, 6.45) is 2.99. The molecular formula is C15H21N5O2S. The summed E-state index contributed by atoms with van der Waals surface area (Å²) in [5, 5.41) is 9.15. The Morgan fingerprint density at radius 1 is 1.48 bits per heavy atom. The lowest BCUT2D eigenvalue weighted by Gasteiger charge is -2.34. The zero-order valence-corrected chi connectivity index (χ0v) is 13.9. The number of carbonyl (C=O) groups is 1. The van der Waals surface area contributed by atoms with Gasteiger partial charge in [-0.15, -0.1) is 11.3 Å². The first-order valence-electron chi connectivity index (χ1n) is 7.72. The standard InChI is InChI=1S/C15H21N5O2S/c1-12(20-11-16-10-18-20)15(21)17-9-13(14-3-2-8-23-14)19-4-6-22-7-5-19/h2-3,8,10-13H,4-7,9H2,1H3,(H,17,21)/t12-,13+/m1/s1. The van der Waals surface area contributed by atoms with E-state index >= 15 is 0 Å². The summed E-state index contributed by atoms with van der Waals surface area (Å²) >= 11 is 1.72. The third-order valence-corrected chi connectivity index (χ3v) is 5.01. The number of amides is 1. The zero-order valence-electron chi connectivity index (χ0n) is 13.1. The van der Waals surface area contributed by atoms with Crippen LogP contribution in [0.4, 0.5) is 0 Å². The minimum atomic E-state index is -0.369. The highest BCUT2D eigenvalue weighted by atomic mass is 32.1. The Hall–Kier alpha value is -1.77. The first kappa shape index (κ1) is 16.1. The molecule has 7 nitrogen and oxygen atoms in total. The van der Waals surface area contributed by atoms with Crippen molar-refractivity contribution in [1.29, 1.82) is 0 Å². The normalized spacial score (nSPS) is 18.5. The SMILES string of the molecule is C[C@H](C(=O)NC[C@@H](c1cccs1)N1CCOCC1)n1cncn1. The van der Waals surface area contributed by atoms with Gasteiger partial charge in [0.05, 0.1) is 19.3 Å². The summed E-state index contributed by atoms with van der Waals surface area (Å²) in [4.78, 5) is 19.9. The van der Waals surface area contributed by atoms with Crippen LogP contribution in [0.2, 0.25) is 0 Å². The number of nitrogens with one attached hydrogen (secondary N) is 1. The predicted octanol–water partition coefficient (Wildman–Crippen LogP) is 1.09. The van der Waals surface area contributed by atoms with E-state index in [2.05, 4.69) is 31.7 Å². The minimum absolute atomic E-state index is 0.0506. The lowest BCUT2D eigenvalue weighted by Crippen LogP contribution is -2.44. The second-order valence-corrected chi connectivity index (χ2v) is 6.46. The molecule has 0 saturated carbocycles. The lowest BCUT2D eigenvalue weighted by molar-refractivity contribution is -0.124. The van der Waals surface area contributed by atoms with Gasteiger partial charge in [-0.25, -0.2) is 9.67 Å². The van der Waals surface area contributed by atoms with Crippen molar-refractivity contribution in [2.75, 3.05) is 32.8 Å². The van der Waals surface area contributed by atoms with Gasteiger partial charge in [-0.1, -0.05) is 6.07 Å². The monoisotopic (exact) mass is 335 g/mol. The Balaban J connectivity index is 1.63. The van der Waals surface area contributed by atoms with Gasteiger partial charge < -0.3 is 10.1 Å². The third-order valence-electron chi connectivity index (χ3n) is 4.04. The first-order chi connectivity index (χ1) is 11.3. The minimum Gasteiger partial charge on any atom is -0.379 e. The molecule has 23 heavy (non-hydrogen) atoms. The highest BCUT2D eigenvalue weighted by Gasteiger charge is 2.25. The molecule has 1 N–H and O–H groups in total. The first-order valence-corrected chi connectivity index (χ1v) is 8.60. The zero-order chi connectivity index (χ0) is 16.1. The van der Waals surface area contributed by atoms with Gasteiger partial charge in [0.25, 0.3) is 0 Å². The van der Waals surface area contributed by atoms with Gasteiger partial charge >= 0.3 is 0 Å². The molecule has 2 atom stereocenters. The summed E-state index contributed by atoms with van der Waals surface area (Å²) in [7, 11) is 0. The van der Waals surface area contributed by atoms with Crippen molar-refractivity contribution in [2.24, 2.45) is 0 Å². The molecule has 2 aromatic heterocycles. The van der Waals surface area contributed by atoms with E-state index in [1.54, 1.807) is 22.3 Å². The smallest absolute Gasteiger partial charge is 0.244 e. The number of hydrogen-bond acceptors (Lipinski definition) is 6. The molecule has 2 aromatic rings. The Kier molecular flexibility index (Phi) is 5.37. The van der Waals surface area contributed by atoms with Gasteiger partial charge in [0.2, 0.25) is 5.91 Å². The van der Waals surface area contributed by atoms with Gasteiger partial charge in [-0.3, -0.25) is 9.69 Å². The van der Waals surface area contributed by atoms with E-state index in [1.807, 2.05) is 13.0 Å². The quantitative estimate of drug-likeness (QED) is 0.855. The Morgan fingerprint density at radius 2 is 2.30 bits per heavy atom.